The summed E-state index contributed by atoms with van der Waals surface area (Å²) in [7, 11) is -3.21. The quantitative estimate of drug-likeness (QED) is 0.798. The van der Waals surface area contributed by atoms with Gasteiger partial charge in [-0.05, 0) is 30.7 Å². The summed E-state index contributed by atoms with van der Waals surface area (Å²) in [5.74, 6) is 0. The van der Waals surface area contributed by atoms with Crippen molar-refractivity contribution in [2.75, 3.05) is 11.0 Å². The van der Waals surface area contributed by atoms with Crippen molar-refractivity contribution in [3.8, 4) is 0 Å². The van der Waals surface area contributed by atoms with Gasteiger partial charge >= 0.3 is 29.6 Å². The summed E-state index contributed by atoms with van der Waals surface area (Å²) in [6.07, 6.45) is 1.11. The van der Waals surface area contributed by atoms with Crippen molar-refractivity contribution in [1.82, 2.24) is 0 Å². The first-order valence-corrected chi connectivity index (χ1v) is 5.89. The number of hydrogen-bond donors (Lipinski definition) is 1. The summed E-state index contributed by atoms with van der Waals surface area (Å²) < 4.78 is 24.2. The van der Waals surface area contributed by atoms with Crippen LogP contribution in [0.4, 0.5) is 5.69 Å². The van der Waals surface area contributed by atoms with Gasteiger partial charge in [0.15, 0.2) is 0 Å². The predicted octanol–water partition coefficient (Wildman–Crippen LogP) is 1.37. The molecule has 14 heavy (non-hydrogen) atoms. The van der Waals surface area contributed by atoms with Crippen LogP contribution in [0.15, 0.2) is 18.2 Å². The zero-order valence-electron chi connectivity index (χ0n) is 7.33. The molecule has 0 saturated heterocycles. The average molecular weight is 244 g/mol. The number of hydrogen-bond acceptors (Lipinski definition) is 2. The van der Waals surface area contributed by atoms with Gasteiger partial charge in [0.2, 0.25) is 10.0 Å². The van der Waals surface area contributed by atoms with Gasteiger partial charge < -0.3 is 0 Å². The van der Waals surface area contributed by atoms with Crippen molar-refractivity contribution >= 4 is 56.9 Å². The molecular formula is C8H11ClNNaO2S. The van der Waals surface area contributed by atoms with Crippen LogP contribution in [0.5, 0.6) is 0 Å². The summed E-state index contributed by atoms with van der Waals surface area (Å²) in [5.41, 5.74) is 1.37. The van der Waals surface area contributed by atoms with Crippen LogP contribution in [-0.2, 0) is 10.0 Å². The summed E-state index contributed by atoms with van der Waals surface area (Å²) in [6, 6.07) is 4.98. The minimum absolute atomic E-state index is 0. The first kappa shape index (κ1) is 14.3. The van der Waals surface area contributed by atoms with E-state index in [2.05, 4.69) is 4.72 Å². The summed E-state index contributed by atoms with van der Waals surface area (Å²) in [4.78, 5) is 0. The SMILES string of the molecule is Cc1cc(Cl)ccc1NS(C)(=O)=O.[NaH]. The van der Waals surface area contributed by atoms with E-state index in [0.717, 1.165) is 11.8 Å². The Morgan fingerprint density at radius 2 is 1.93 bits per heavy atom. The van der Waals surface area contributed by atoms with Crippen LogP contribution < -0.4 is 4.72 Å². The number of sulfonamides is 1. The molecule has 1 rings (SSSR count). The third kappa shape index (κ3) is 4.66. The van der Waals surface area contributed by atoms with E-state index in [0.29, 0.717) is 10.7 Å². The second-order valence-corrected chi connectivity index (χ2v) is 5.02. The van der Waals surface area contributed by atoms with Gasteiger partial charge in [-0.1, -0.05) is 11.6 Å². The molecule has 0 fully saturated rings. The van der Waals surface area contributed by atoms with Crippen LogP contribution >= 0.6 is 11.6 Å². The van der Waals surface area contributed by atoms with E-state index in [1.165, 1.54) is 0 Å². The van der Waals surface area contributed by atoms with Crippen LogP contribution in [0.2, 0.25) is 5.02 Å². The third-order valence-electron chi connectivity index (χ3n) is 1.48. The van der Waals surface area contributed by atoms with Gasteiger partial charge in [-0.3, -0.25) is 4.72 Å². The molecule has 0 saturated carbocycles. The molecule has 0 spiro atoms. The molecule has 0 unspecified atom stereocenters. The topological polar surface area (TPSA) is 46.2 Å². The van der Waals surface area contributed by atoms with Crippen LogP contribution in [-0.4, -0.2) is 44.2 Å². The molecule has 1 aromatic carbocycles. The molecule has 0 amide bonds. The Hall–Kier alpha value is 0.260. The Morgan fingerprint density at radius 1 is 1.36 bits per heavy atom. The van der Waals surface area contributed by atoms with Gasteiger partial charge in [-0.2, -0.15) is 0 Å². The van der Waals surface area contributed by atoms with E-state index in [4.69, 9.17) is 11.6 Å². The van der Waals surface area contributed by atoms with Crippen molar-refractivity contribution < 1.29 is 8.42 Å². The number of anilines is 1. The maximum absolute atomic E-state index is 10.9. The van der Waals surface area contributed by atoms with Gasteiger partial charge in [0.25, 0.3) is 0 Å². The average Bonchev–Trinajstić information content (AvgIpc) is 1.93. The Balaban J connectivity index is 0.00000169. The Bertz CT molecular complexity index is 419. The predicted molar refractivity (Wildman–Crippen MR) is 61.8 cm³/mol. The summed E-state index contributed by atoms with van der Waals surface area (Å²) in [5, 5.41) is 0.594. The molecular weight excluding hydrogens is 233 g/mol. The van der Waals surface area contributed by atoms with Crippen LogP contribution in [0, 0.1) is 6.92 Å². The van der Waals surface area contributed by atoms with Gasteiger partial charge in [-0.25, -0.2) is 8.42 Å². The first-order valence-electron chi connectivity index (χ1n) is 3.62. The van der Waals surface area contributed by atoms with E-state index in [1.807, 2.05) is 0 Å². The summed E-state index contributed by atoms with van der Waals surface area (Å²) in [6.45, 7) is 1.79. The molecule has 6 heteroatoms. The van der Waals surface area contributed by atoms with Crippen LogP contribution in [0.3, 0.4) is 0 Å². The molecule has 0 bridgehead atoms. The molecule has 1 aromatic rings. The Morgan fingerprint density at radius 3 is 2.36 bits per heavy atom. The fourth-order valence-electron chi connectivity index (χ4n) is 0.941. The number of nitrogens with one attached hydrogen (secondary N) is 1. The molecule has 74 valence electrons. The van der Waals surface area contributed by atoms with E-state index in [1.54, 1.807) is 25.1 Å². The minimum atomic E-state index is -3.21. The Labute approximate surface area is 111 Å². The third-order valence-corrected chi connectivity index (χ3v) is 2.31. The monoisotopic (exact) mass is 243 g/mol. The second kappa shape index (κ2) is 5.37. The van der Waals surface area contributed by atoms with Crippen LogP contribution in [0.25, 0.3) is 0 Å². The van der Waals surface area contributed by atoms with E-state index in [9.17, 15) is 8.42 Å². The zero-order chi connectivity index (χ0) is 10.1. The molecule has 0 radical (unpaired) electrons. The van der Waals surface area contributed by atoms with Crippen molar-refractivity contribution in [3.05, 3.63) is 28.8 Å². The molecule has 0 aliphatic rings. The molecule has 0 heterocycles. The summed E-state index contributed by atoms with van der Waals surface area (Å²) >= 11 is 5.71. The van der Waals surface area contributed by atoms with Gasteiger partial charge in [-0.15, -0.1) is 0 Å². The molecule has 0 atom stereocenters. The van der Waals surface area contributed by atoms with Crippen molar-refractivity contribution in [2.24, 2.45) is 0 Å². The maximum atomic E-state index is 10.9. The zero-order valence-corrected chi connectivity index (χ0v) is 8.91. The van der Waals surface area contributed by atoms with Crippen molar-refractivity contribution in [2.45, 2.75) is 6.92 Å². The van der Waals surface area contributed by atoms with Gasteiger partial charge in [0.05, 0.1) is 11.9 Å². The Kier molecular flexibility index (Phi) is 5.47. The van der Waals surface area contributed by atoms with E-state index < -0.39 is 10.0 Å². The standard InChI is InChI=1S/C8H10ClNO2S.Na.H/c1-6-5-7(9)3-4-8(6)10-13(2,11)12;;/h3-5,10H,1-2H3;;. The number of benzene rings is 1. The molecule has 0 aliphatic heterocycles. The number of rotatable bonds is 2. The van der Waals surface area contributed by atoms with Gasteiger partial charge in [0, 0.05) is 5.02 Å². The number of halogens is 1. The van der Waals surface area contributed by atoms with Crippen molar-refractivity contribution in [3.63, 3.8) is 0 Å². The molecule has 1 N–H and O–H groups in total. The molecule has 0 aliphatic carbocycles. The number of aryl methyl sites for hydroxylation is 1. The molecule has 0 aromatic heterocycles. The first-order chi connectivity index (χ1) is 5.88. The fraction of sp³-hybridized carbons (Fsp3) is 0.250. The normalized spacial score (nSPS) is 10.5. The van der Waals surface area contributed by atoms with E-state index in [-0.39, 0.29) is 29.6 Å². The van der Waals surface area contributed by atoms with E-state index >= 15 is 0 Å². The van der Waals surface area contributed by atoms with Crippen molar-refractivity contribution in [1.29, 1.82) is 0 Å². The fourth-order valence-corrected chi connectivity index (χ4v) is 1.80. The van der Waals surface area contributed by atoms with Gasteiger partial charge in [0.1, 0.15) is 0 Å². The second-order valence-electron chi connectivity index (χ2n) is 2.83. The van der Waals surface area contributed by atoms with Crippen LogP contribution in [0.1, 0.15) is 5.56 Å². The molecule has 3 nitrogen and oxygen atoms in total.